The molecule has 0 aliphatic heterocycles. The molecule has 1 aliphatic carbocycles. The zero-order chi connectivity index (χ0) is 11.3. The van der Waals surface area contributed by atoms with Crippen LogP contribution in [0.4, 0.5) is 0 Å². The van der Waals surface area contributed by atoms with Crippen molar-refractivity contribution < 1.29 is 40.9 Å². The molecule has 0 bridgehead atoms. The summed E-state index contributed by atoms with van der Waals surface area (Å²) in [5.41, 5.74) is 0. The van der Waals surface area contributed by atoms with E-state index in [1.165, 1.54) is 0 Å². The maximum absolute atomic E-state index is 9.00. The van der Waals surface area contributed by atoms with Crippen molar-refractivity contribution in [3.05, 3.63) is 0 Å². The molecule has 84 valence electrons. The smallest absolute Gasteiger partial charge is 0.224 e. The molecule has 0 unspecified atom stereocenters. The Labute approximate surface area is 77.9 Å². The fourth-order valence-corrected chi connectivity index (χ4v) is 1.31. The average Bonchev–Trinajstić information content (AvgIpc) is 2.11. The lowest BCUT2D eigenvalue weighted by Gasteiger charge is -2.48. The first-order valence-electron chi connectivity index (χ1n) is 3.75. The van der Waals surface area contributed by atoms with Gasteiger partial charge in [-0.05, 0) is 0 Å². The van der Waals surface area contributed by atoms with Crippen molar-refractivity contribution in [3.63, 3.8) is 0 Å². The van der Waals surface area contributed by atoms with Gasteiger partial charge in [-0.3, -0.25) is 0 Å². The molecular weight excluding hydrogens is 200 g/mol. The summed E-state index contributed by atoms with van der Waals surface area (Å²) in [7, 11) is 0. The van der Waals surface area contributed by atoms with Gasteiger partial charge in [-0.2, -0.15) is 0 Å². The topological polar surface area (TPSA) is 162 Å². The maximum Gasteiger partial charge on any atom is 0.224 e. The summed E-state index contributed by atoms with van der Waals surface area (Å²) in [6, 6.07) is 0. The molecule has 2 atom stereocenters. The molecule has 0 aromatic rings. The molecule has 8 heteroatoms. The average molecular weight is 212 g/mol. The van der Waals surface area contributed by atoms with Crippen LogP contribution in [0.15, 0.2) is 0 Å². The molecule has 0 amide bonds. The number of aliphatic hydroxyl groups is 8. The molecule has 0 saturated heterocycles. The van der Waals surface area contributed by atoms with E-state index in [2.05, 4.69) is 0 Å². The standard InChI is InChI=1S/C6H12O8/c7-1-2(8)5(11,12)4(10)6(13,14)3(1)9/h1-4,7-14H/t1?,2-,3-,4?/m0/s1. The largest absolute Gasteiger partial charge is 0.387 e. The SMILES string of the molecule is OC1[C@H](O)C(O)(O)C(O)C(O)(O)[C@H]1O. The Morgan fingerprint density at radius 3 is 1.21 bits per heavy atom. The highest BCUT2D eigenvalue weighted by Crippen LogP contribution is 2.33. The van der Waals surface area contributed by atoms with E-state index in [0.717, 1.165) is 0 Å². The first-order chi connectivity index (χ1) is 6.13. The van der Waals surface area contributed by atoms with E-state index in [1.54, 1.807) is 0 Å². The fourth-order valence-electron chi connectivity index (χ4n) is 1.31. The number of rotatable bonds is 0. The maximum atomic E-state index is 9.00. The summed E-state index contributed by atoms with van der Waals surface area (Å²) >= 11 is 0. The Balaban J connectivity index is 3.09. The number of hydrogen-bond donors (Lipinski definition) is 8. The Morgan fingerprint density at radius 1 is 0.643 bits per heavy atom. The van der Waals surface area contributed by atoms with Gasteiger partial charge in [0.05, 0.1) is 0 Å². The van der Waals surface area contributed by atoms with Crippen molar-refractivity contribution in [2.45, 2.75) is 36.0 Å². The van der Waals surface area contributed by atoms with Crippen molar-refractivity contribution in [3.8, 4) is 0 Å². The highest BCUT2D eigenvalue weighted by Gasteiger charge is 2.64. The third-order valence-corrected chi connectivity index (χ3v) is 2.32. The quantitative estimate of drug-likeness (QED) is 0.185. The molecule has 0 aromatic carbocycles. The second-order valence-corrected chi connectivity index (χ2v) is 3.35. The molecule has 1 rings (SSSR count). The lowest BCUT2D eigenvalue weighted by atomic mass is 9.79. The van der Waals surface area contributed by atoms with E-state index in [0.29, 0.717) is 0 Å². The van der Waals surface area contributed by atoms with E-state index < -0.39 is 36.0 Å². The lowest BCUT2D eigenvalue weighted by Crippen LogP contribution is -2.76. The monoisotopic (exact) mass is 212 g/mol. The Kier molecular flexibility index (Phi) is 2.59. The van der Waals surface area contributed by atoms with Gasteiger partial charge in [0.2, 0.25) is 11.6 Å². The van der Waals surface area contributed by atoms with Crippen molar-refractivity contribution in [1.29, 1.82) is 0 Å². The Hall–Kier alpha value is -0.320. The van der Waals surface area contributed by atoms with Gasteiger partial charge >= 0.3 is 0 Å². The predicted octanol–water partition coefficient (Wildman–Crippen LogP) is -5.19. The Bertz CT molecular complexity index is 204. The van der Waals surface area contributed by atoms with Gasteiger partial charge < -0.3 is 40.9 Å². The molecule has 0 spiro atoms. The van der Waals surface area contributed by atoms with Crippen molar-refractivity contribution in [2.24, 2.45) is 0 Å². The molecule has 1 saturated carbocycles. The molecule has 0 heterocycles. The second kappa shape index (κ2) is 3.08. The van der Waals surface area contributed by atoms with Crippen LogP contribution in [0.2, 0.25) is 0 Å². The van der Waals surface area contributed by atoms with Gasteiger partial charge in [-0.1, -0.05) is 0 Å². The summed E-state index contributed by atoms with van der Waals surface area (Å²) in [5, 5.41) is 71.9. The van der Waals surface area contributed by atoms with Gasteiger partial charge in [-0.25, -0.2) is 0 Å². The first-order valence-corrected chi connectivity index (χ1v) is 3.75. The van der Waals surface area contributed by atoms with Gasteiger partial charge in [-0.15, -0.1) is 0 Å². The summed E-state index contributed by atoms with van der Waals surface area (Å²) in [6.45, 7) is 0. The minimum absolute atomic E-state index is 2.21. The van der Waals surface area contributed by atoms with Gasteiger partial charge in [0.1, 0.15) is 18.3 Å². The van der Waals surface area contributed by atoms with Crippen LogP contribution >= 0.6 is 0 Å². The molecule has 8 N–H and O–H groups in total. The van der Waals surface area contributed by atoms with Crippen LogP contribution in [0.5, 0.6) is 0 Å². The highest BCUT2D eigenvalue weighted by molar-refractivity contribution is 5.06. The third-order valence-electron chi connectivity index (χ3n) is 2.32. The summed E-state index contributed by atoms with van der Waals surface area (Å²) < 4.78 is 0. The predicted molar refractivity (Wildman–Crippen MR) is 38.4 cm³/mol. The van der Waals surface area contributed by atoms with Crippen molar-refractivity contribution >= 4 is 0 Å². The summed E-state index contributed by atoms with van der Waals surface area (Å²) in [6.07, 6.45) is -9.48. The van der Waals surface area contributed by atoms with Crippen LogP contribution in [-0.2, 0) is 0 Å². The second-order valence-electron chi connectivity index (χ2n) is 3.35. The molecule has 0 radical (unpaired) electrons. The van der Waals surface area contributed by atoms with E-state index >= 15 is 0 Å². The van der Waals surface area contributed by atoms with Gasteiger partial charge in [0.25, 0.3) is 0 Å². The number of aliphatic hydroxyl groups excluding tert-OH is 4. The van der Waals surface area contributed by atoms with Crippen molar-refractivity contribution in [2.75, 3.05) is 0 Å². The van der Waals surface area contributed by atoms with Crippen LogP contribution in [0.25, 0.3) is 0 Å². The van der Waals surface area contributed by atoms with Crippen LogP contribution in [-0.4, -0.2) is 76.8 Å². The normalized spacial score (nSPS) is 46.3. The van der Waals surface area contributed by atoms with Crippen LogP contribution in [0, 0.1) is 0 Å². The molecule has 8 nitrogen and oxygen atoms in total. The van der Waals surface area contributed by atoms with Crippen LogP contribution < -0.4 is 0 Å². The zero-order valence-corrected chi connectivity index (χ0v) is 6.89. The molecule has 14 heavy (non-hydrogen) atoms. The highest BCUT2D eigenvalue weighted by atomic mass is 16.6. The van der Waals surface area contributed by atoms with Crippen LogP contribution in [0.1, 0.15) is 0 Å². The Morgan fingerprint density at radius 2 is 0.929 bits per heavy atom. The minimum Gasteiger partial charge on any atom is -0.387 e. The molecule has 1 fully saturated rings. The lowest BCUT2D eigenvalue weighted by molar-refractivity contribution is -0.413. The fraction of sp³-hybridized carbons (Fsp3) is 1.00. The van der Waals surface area contributed by atoms with E-state index in [-0.39, 0.29) is 0 Å². The summed E-state index contributed by atoms with van der Waals surface area (Å²) in [4.78, 5) is 0. The number of hydrogen-bond acceptors (Lipinski definition) is 8. The summed E-state index contributed by atoms with van der Waals surface area (Å²) in [5.74, 6) is -6.63. The van der Waals surface area contributed by atoms with E-state index in [4.69, 9.17) is 40.9 Å². The van der Waals surface area contributed by atoms with E-state index in [1.807, 2.05) is 0 Å². The zero-order valence-electron chi connectivity index (χ0n) is 6.89. The third kappa shape index (κ3) is 1.33. The first kappa shape index (κ1) is 11.8. The van der Waals surface area contributed by atoms with Crippen molar-refractivity contribution in [1.82, 2.24) is 0 Å². The molecule has 0 aromatic heterocycles. The van der Waals surface area contributed by atoms with Gasteiger partial charge in [0, 0.05) is 0 Å². The van der Waals surface area contributed by atoms with E-state index in [9.17, 15) is 0 Å². The van der Waals surface area contributed by atoms with Crippen LogP contribution in [0.3, 0.4) is 0 Å². The molecule has 1 aliphatic rings. The minimum atomic E-state index is -3.32. The molecular formula is C6H12O8. The van der Waals surface area contributed by atoms with Gasteiger partial charge in [0.15, 0.2) is 6.10 Å².